The average Bonchev–Trinajstić information content (AvgIpc) is 3.30. The predicted molar refractivity (Wildman–Crippen MR) is 127 cm³/mol. The third kappa shape index (κ3) is 6.09. The number of hydrogen-bond acceptors (Lipinski definition) is 7. The summed E-state index contributed by atoms with van der Waals surface area (Å²) in [4.78, 5) is 16.9. The lowest BCUT2D eigenvalue weighted by atomic mass is 10.1. The number of para-hydroxylation sites is 1. The van der Waals surface area contributed by atoms with Crippen LogP contribution in [0, 0.1) is 0 Å². The van der Waals surface area contributed by atoms with Crippen LogP contribution in [0.1, 0.15) is 28.4 Å². The van der Waals surface area contributed by atoms with Crippen molar-refractivity contribution in [3.8, 4) is 17.2 Å². The lowest BCUT2D eigenvalue weighted by molar-refractivity contribution is 0.0917. The predicted octanol–water partition coefficient (Wildman–Crippen LogP) is 5.00. The van der Waals surface area contributed by atoms with Crippen LogP contribution in [0.15, 0.2) is 48.0 Å². The van der Waals surface area contributed by atoms with Crippen LogP contribution in [0.4, 0.5) is 5.13 Å². The molecule has 7 nitrogen and oxygen atoms in total. The molecule has 168 valence electrons. The Hall–Kier alpha value is -3.36. The van der Waals surface area contributed by atoms with Gasteiger partial charge in [-0.05, 0) is 36.8 Å². The Balaban J connectivity index is 1.93. The van der Waals surface area contributed by atoms with Crippen LogP contribution in [-0.4, -0.2) is 44.9 Å². The second kappa shape index (κ2) is 11.3. The second-order valence-corrected chi connectivity index (χ2v) is 7.78. The molecule has 0 aliphatic heterocycles. The molecule has 0 saturated carbocycles. The Bertz CT molecular complexity index is 1070. The van der Waals surface area contributed by atoms with Crippen molar-refractivity contribution in [3.05, 3.63) is 64.7 Å². The first-order chi connectivity index (χ1) is 15.5. The summed E-state index contributed by atoms with van der Waals surface area (Å²) >= 11 is 1.36. The summed E-state index contributed by atoms with van der Waals surface area (Å²) in [6, 6.07) is 11.0. The normalized spacial score (nSPS) is 11.9. The Morgan fingerprint density at radius 3 is 2.69 bits per heavy atom. The van der Waals surface area contributed by atoms with Gasteiger partial charge < -0.3 is 18.9 Å². The molecule has 1 aromatic heterocycles. The number of benzene rings is 2. The summed E-state index contributed by atoms with van der Waals surface area (Å²) in [6.45, 7) is 2.34. The number of methoxy groups -OCH3 is 3. The number of nitrogens with zero attached hydrogens (tertiary/aromatic N) is 1. The molecular formula is C24H26N2O5S. The van der Waals surface area contributed by atoms with Crippen molar-refractivity contribution >= 4 is 34.5 Å². The molecule has 0 unspecified atom stereocenters. The van der Waals surface area contributed by atoms with Crippen molar-refractivity contribution in [2.24, 2.45) is 0 Å². The molecule has 0 aliphatic rings. The van der Waals surface area contributed by atoms with Gasteiger partial charge in [-0.15, -0.1) is 11.3 Å². The molecular weight excluding hydrogens is 428 g/mol. The molecule has 1 N–H and O–H groups in total. The number of carbonyl (C=O) groups excluding carboxylic acids is 1. The van der Waals surface area contributed by atoms with Gasteiger partial charge in [-0.3, -0.25) is 10.1 Å². The van der Waals surface area contributed by atoms with Gasteiger partial charge in [0, 0.05) is 29.8 Å². The molecule has 3 aromatic rings. The van der Waals surface area contributed by atoms with Gasteiger partial charge in [-0.2, -0.15) is 0 Å². The third-order valence-corrected chi connectivity index (χ3v) is 5.16. The molecule has 0 spiro atoms. The van der Waals surface area contributed by atoms with Gasteiger partial charge in [-0.25, -0.2) is 4.98 Å². The molecule has 8 heteroatoms. The van der Waals surface area contributed by atoms with E-state index in [1.54, 1.807) is 45.0 Å². The molecule has 1 amide bonds. The van der Waals surface area contributed by atoms with Gasteiger partial charge in [0.15, 0.2) is 16.6 Å². The molecule has 0 saturated heterocycles. The summed E-state index contributed by atoms with van der Waals surface area (Å²) < 4.78 is 22.0. The number of anilines is 1. The fourth-order valence-electron chi connectivity index (χ4n) is 3.10. The Morgan fingerprint density at radius 1 is 1.16 bits per heavy atom. The van der Waals surface area contributed by atoms with Gasteiger partial charge in [0.1, 0.15) is 11.9 Å². The standard InChI is InChI=1S/C24H26N2O5S/c1-16(15-28-2)31-20-13-17(8-9-18-6-5-7-21(29-3)22(18)30-4)12-19(14-20)23(27)26-24-25-10-11-32-24/h5-14,16H,15H2,1-4H3,(H,25,26,27)/b9-8+/t16-/m0/s1. The van der Waals surface area contributed by atoms with Gasteiger partial charge in [-0.1, -0.05) is 24.3 Å². The van der Waals surface area contributed by atoms with Crippen molar-refractivity contribution in [1.82, 2.24) is 4.98 Å². The monoisotopic (exact) mass is 454 g/mol. The molecule has 3 rings (SSSR count). The zero-order valence-electron chi connectivity index (χ0n) is 18.5. The highest BCUT2D eigenvalue weighted by Gasteiger charge is 2.13. The molecule has 0 bridgehead atoms. The van der Waals surface area contributed by atoms with E-state index in [1.165, 1.54) is 11.3 Å². The van der Waals surface area contributed by atoms with Crippen molar-refractivity contribution < 1.29 is 23.7 Å². The molecule has 2 aromatic carbocycles. The van der Waals surface area contributed by atoms with E-state index >= 15 is 0 Å². The van der Waals surface area contributed by atoms with E-state index in [0.717, 1.165) is 11.1 Å². The fraction of sp³-hybridized carbons (Fsp3) is 0.250. The number of carbonyl (C=O) groups is 1. The van der Waals surface area contributed by atoms with Crippen LogP contribution in [0.3, 0.4) is 0 Å². The van der Waals surface area contributed by atoms with E-state index in [9.17, 15) is 4.79 Å². The van der Waals surface area contributed by atoms with Crippen LogP contribution in [0.5, 0.6) is 17.2 Å². The zero-order valence-corrected chi connectivity index (χ0v) is 19.3. The van der Waals surface area contributed by atoms with E-state index in [2.05, 4.69) is 10.3 Å². The Morgan fingerprint density at radius 2 is 2.00 bits per heavy atom. The number of aromatic nitrogens is 1. The Kier molecular flexibility index (Phi) is 8.24. The minimum atomic E-state index is -0.265. The Labute approximate surface area is 191 Å². The largest absolute Gasteiger partial charge is 0.493 e. The highest BCUT2D eigenvalue weighted by Crippen LogP contribution is 2.32. The van der Waals surface area contributed by atoms with Crippen LogP contribution >= 0.6 is 11.3 Å². The van der Waals surface area contributed by atoms with E-state index in [-0.39, 0.29) is 12.0 Å². The first-order valence-corrected chi connectivity index (χ1v) is 10.8. The molecule has 0 radical (unpaired) electrons. The lowest BCUT2D eigenvalue weighted by Gasteiger charge is -2.15. The highest BCUT2D eigenvalue weighted by atomic mass is 32.1. The van der Waals surface area contributed by atoms with Crippen molar-refractivity contribution in [3.63, 3.8) is 0 Å². The minimum absolute atomic E-state index is 0.174. The molecule has 0 aliphatic carbocycles. The van der Waals surface area contributed by atoms with Crippen LogP contribution in [-0.2, 0) is 4.74 Å². The van der Waals surface area contributed by atoms with Crippen LogP contribution < -0.4 is 19.5 Å². The van der Waals surface area contributed by atoms with Gasteiger partial charge >= 0.3 is 0 Å². The molecule has 1 atom stereocenters. The average molecular weight is 455 g/mol. The van der Waals surface area contributed by atoms with E-state index in [1.807, 2.05) is 43.3 Å². The van der Waals surface area contributed by atoms with Crippen molar-refractivity contribution in [1.29, 1.82) is 0 Å². The van der Waals surface area contributed by atoms with E-state index in [0.29, 0.717) is 34.6 Å². The van der Waals surface area contributed by atoms with Crippen LogP contribution in [0.2, 0.25) is 0 Å². The minimum Gasteiger partial charge on any atom is -0.493 e. The summed E-state index contributed by atoms with van der Waals surface area (Å²) in [6.07, 6.45) is 5.27. The van der Waals surface area contributed by atoms with Gasteiger partial charge in [0.25, 0.3) is 5.91 Å². The quantitative estimate of drug-likeness (QED) is 0.435. The third-order valence-electron chi connectivity index (χ3n) is 4.47. The number of ether oxygens (including phenoxy) is 4. The van der Waals surface area contributed by atoms with E-state index in [4.69, 9.17) is 18.9 Å². The summed E-state index contributed by atoms with van der Waals surface area (Å²) in [5.41, 5.74) is 2.10. The SMILES string of the molecule is COC[C@H](C)Oc1cc(/C=C/c2cccc(OC)c2OC)cc(C(=O)Nc2nccs2)c1. The zero-order chi connectivity index (χ0) is 22.9. The summed E-state index contributed by atoms with van der Waals surface area (Å²) in [7, 11) is 4.82. The smallest absolute Gasteiger partial charge is 0.257 e. The molecule has 0 fully saturated rings. The fourth-order valence-corrected chi connectivity index (χ4v) is 3.63. The van der Waals surface area contributed by atoms with E-state index < -0.39 is 0 Å². The highest BCUT2D eigenvalue weighted by molar-refractivity contribution is 7.13. The maximum Gasteiger partial charge on any atom is 0.257 e. The first kappa shape index (κ1) is 23.3. The lowest BCUT2D eigenvalue weighted by Crippen LogP contribution is -2.18. The van der Waals surface area contributed by atoms with Gasteiger partial charge in [0.05, 0.1) is 20.8 Å². The van der Waals surface area contributed by atoms with Crippen molar-refractivity contribution in [2.75, 3.05) is 33.3 Å². The maximum absolute atomic E-state index is 12.8. The number of nitrogens with one attached hydrogen (secondary N) is 1. The number of hydrogen-bond donors (Lipinski definition) is 1. The number of thiazole rings is 1. The second-order valence-electron chi connectivity index (χ2n) is 6.88. The van der Waals surface area contributed by atoms with Crippen molar-refractivity contribution in [2.45, 2.75) is 13.0 Å². The molecule has 32 heavy (non-hydrogen) atoms. The summed E-state index contributed by atoms with van der Waals surface area (Å²) in [5, 5.41) is 5.14. The van der Waals surface area contributed by atoms with Crippen LogP contribution in [0.25, 0.3) is 12.2 Å². The topological polar surface area (TPSA) is 78.9 Å². The first-order valence-electron chi connectivity index (χ1n) is 9.94. The maximum atomic E-state index is 12.8. The number of rotatable bonds is 10. The summed E-state index contributed by atoms with van der Waals surface area (Å²) in [5.74, 6) is 1.58. The number of amides is 1. The molecule has 1 heterocycles. The van der Waals surface area contributed by atoms with Gasteiger partial charge in [0.2, 0.25) is 0 Å².